The summed E-state index contributed by atoms with van der Waals surface area (Å²) in [7, 11) is 0. The van der Waals surface area contributed by atoms with Gasteiger partial charge in [0.2, 0.25) is 0 Å². The lowest BCUT2D eigenvalue weighted by Gasteiger charge is -2.22. The molecule has 6 nitrogen and oxygen atoms in total. The summed E-state index contributed by atoms with van der Waals surface area (Å²) in [6.45, 7) is 1.24. The number of carboxylic acids is 1. The molecule has 1 aliphatic heterocycles. The first-order valence-corrected chi connectivity index (χ1v) is 6.26. The van der Waals surface area contributed by atoms with Crippen LogP contribution in [0.3, 0.4) is 0 Å². The standard InChI is InChI=1S/C13H16N2O4/c16-13(17)8-11-5-3-7-14(11)9-10-4-1-2-6-12(10)15(18)19/h1-2,4,6,11H,3,5,7-9H2,(H,16,17). The van der Waals surface area contributed by atoms with E-state index in [2.05, 4.69) is 0 Å². The van der Waals surface area contributed by atoms with E-state index in [1.807, 2.05) is 4.90 Å². The summed E-state index contributed by atoms with van der Waals surface area (Å²) in [5.41, 5.74) is 0.744. The third-order valence-electron chi connectivity index (χ3n) is 3.47. The number of carbonyl (C=O) groups is 1. The van der Waals surface area contributed by atoms with Gasteiger partial charge in [0.25, 0.3) is 5.69 Å². The van der Waals surface area contributed by atoms with Gasteiger partial charge in [-0.15, -0.1) is 0 Å². The number of benzene rings is 1. The maximum atomic E-state index is 10.9. The van der Waals surface area contributed by atoms with Crippen LogP contribution in [-0.2, 0) is 11.3 Å². The molecule has 1 unspecified atom stereocenters. The predicted octanol–water partition coefficient (Wildman–Crippen LogP) is 2.03. The molecule has 6 heteroatoms. The number of hydrogen-bond donors (Lipinski definition) is 1. The number of hydrogen-bond acceptors (Lipinski definition) is 4. The number of nitro benzene ring substituents is 1. The van der Waals surface area contributed by atoms with Gasteiger partial charge in [-0.25, -0.2) is 0 Å². The highest BCUT2D eigenvalue weighted by Gasteiger charge is 2.28. The summed E-state index contributed by atoms with van der Waals surface area (Å²) in [5.74, 6) is -0.820. The SMILES string of the molecule is O=C(O)CC1CCCN1Cc1ccccc1[N+](=O)[O-]. The van der Waals surface area contributed by atoms with E-state index >= 15 is 0 Å². The van der Waals surface area contributed by atoms with Gasteiger partial charge in [0, 0.05) is 24.2 Å². The van der Waals surface area contributed by atoms with Crippen LogP contribution < -0.4 is 0 Å². The van der Waals surface area contributed by atoms with Gasteiger partial charge < -0.3 is 5.11 Å². The van der Waals surface area contributed by atoms with Crippen LogP contribution in [0, 0.1) is 10.1 Å². The fourth-order valence-corrected chi connectivity index (χ4v) is 2.58. The van der Waals surface area contributed by atoms with Gasteiger partial charge >= 0.3 is 5.97 Å². The summed E-state index contributed by atoms with van der Waals surface area (Å²) < 4.78 is 0. The first kappa shape index (κ1) is 13.5. The minimum atomic E-state index is -0.820. The molecule has 0 aromatic heterocycles. The van der Waals surface area contributed by atoms with Gasteiger partial charge in [-0.2, -0.15) is 0 Å². The second-order valence-corrected chi connectivity index (χ2v) is 4.75. The van der Waals surface area contributed by atoms with Crippen molar-refractivity contribution in [2.45, 2.75) is 31.8 Å². The van der Waals surface area contributed by atoms with E-state index in [1.165, 1.54) is 6.07 Å². The molecule has 2 rings (SSSR count). The third-order valence-corrected chi connectivity index (χ3v) is 3.47. The van der Waals surface area contributed by atoms with Crippen molar-refractivity contribution in [2.75, 3.05) is 6.54 Å². The van der Waals surface area contributed by atoms with Gasteiger partial charge in [-0.1, -0.05) is 18.2 Å². The van der Waals surface area contributed by atoms with Crippen molar-refractivity contribution < 1.29 is 14.8 Å². The quantitative estimate of drug-likeness (QED) is 0.649. The van der Waals surface area contributed by atoms with E-state index in [-0.39, 0.29) is 18.2 Å². The number of carboxylic acid groups (broad SMARTS) is 1. The lowest BCUT2D eigenvalue weighted by Crippen LogP contribution is -2.31. The van der Waals surface area contributed by atoms with Crippen LogP contribution in [0.4, 0.5) is 5.69 Å². The molecule has 102 valence electrons. The molecule has 0 amide bonds. The lowest BCUT2D eigenvalue weighted by atomic mass is 10.1. The Balaban J connectivity index is 2.12. The monoisotopic (exact) mass is 264 g/mol. The molecular formula is C13H16N2O4. The Labute approximate surface area is 110 Å². The number of nitro groups is 1. The van der Waals surface area contributed by atoms with Crippen molar-refractivity contribution in [1.82, 2.24) is 4.90 Å². The molecule has 0 radical (unpaired) electrons. The maximum Gasteiger partial charge on any atom is 0.304 e. The molecule has 1 aromatic rings. The molecule has 1 atom stereocenters. The third kappa shape index (κ3) is 3.29. The lowest BCUT2D eigenvalue weighted by molar-refractivity contribution is -0.385. The molecule has 1 aromatic carbocycles. The highest BCUT2D eigenvalue weighted by Crippen LogP contribution is 2.26. The minimum absolute atomic E-state index is 0.0164. The zero-order chi connectivity index (χ0) is 13.8. The number of nitrogens with zero attached hydrogens (tertiary/aromatic N) is 2. The van der Waals surface area contributed by atoms with Crippen molar-refractivity contribution >= 4 is 11.7 Å². The second-order valence-electron chi connectivity index (χ2n) is 4.75. The van der Waals surface area contributed by atoms with Gasteiger partial charge in [0.15, 0.2) is 0 Å². The highest BCUT2D eigenvalue weighted by molar-refractivity contribution is 5.67. The molecule has 1 N–H and O–H groups in total. The molecule has 0 spiro atoms. The van der Waals surface area contributed by atoms with E-state index < -0.39 is 10.9 Å². The van der Waals surface area contributed by atoms with Crippen LogP contribution in [0.2, 0.25) is 0 Å². The van der Waals surface area contributed by atoms with Crippen LogP contribution in [0.25, 0.3) is 0 Å². The van der Waals surface area contributed by atoms with Crippen LogP contribution in [-0.4, -0.2) is 33.5 Å². The van der Waals surface area contributed by atoms with Crippen molar-refractivity contribution in [2.24, 2.45) is 0 Å². The Kier molecular flexibility index (Phi) is 4.11. The van der Waals surface area contributed by atoms with E-state index in [0.29, 0.717) is 12.1 Å². The van der Waals surface area contributed by atoms with E-state index in [0.717, 1.165) is 19.4 Å². The van der Waals surface area contributed by atoms with Gasteiger partial charge in [0.05, 0.1) is 11.3 Å². The summed E-state index contributed by atoms with van der Waals surface area (Å²) >= 11 is 0. The first-order valence-electron chi connectivity index (χ1n) is 6.26. The van der Waals surface area contributed by atoms with Crippen molar-refractivity contribution in [3.63, 3.8) is 0 Å². The summed E-state index contributed by atoms with van der Waals surface area (Å²) in [4.78, 5) is 23.4. The zero-order valence-electron chi connectivity index (χ0n) is 10.5. The van der Waals surface area contributed by atoms with Crippen LogP contribution in [0.1, 0.15) is 24.8 Å². The molecule has 0 aliphatic carbocycles. The molecule has 0 bridgehead atoms. The Morgan fingerprint density at radius 3 is 2.89 bits per heavy atom. The van der Waals surface area contributed by atoms with Crippen molar-refractivity contribution in [3.05, 3.63) is 39.9 Å². The smallest absolute Gasteiger partial charge is 0.304 e. The van der Waals surface area contributed by atoms with Gasteiger partial charge in [-0.05, 0) is 19.4 Å². The fraction of sp³-hybridized carbons (Fsp3) is 0.462. The predicted molar refractivity (Wildman–Crippen MR) is 68.8 cm³/mol. The summed E-state index contributed by atoms with van der Waals surface area (Å²) in [6, 6.07) is 6.61. The molecule has 1 fully saturated rings. The van der Waals surface area contributed by atoms with Crippen molar-refractivity contribution in [3.8, 4) is 0 Å². The average molecular weight is 264 g/mol. The number of aliphatic carboxylic acids is 1. The highest BCUT2D eigenvalue weighted by atomic mass is 16.6. The molecule has 19 heavy (non-hydrogen) atoms. The van der Waals surface area contributed by atoms with E-state index in [9.17, 15) is 14.9 Å². The maximum absolute atomic E-state index is 10.9. The Morgan fingerprint density at radius 1 is 1.47 bits per heavy atom. The number of para-hydroxylation sites is 1. The molecule has 1 saturated heterocycles. The Bertz CT molecular complexity index is 489. The number of rotatable bonds is 5. The first-order chi connectivity index (χ1) is 9.08. The second kappa shape index (κ2) is 5.79. The Morgan fingerprint density at radius 2 is 2.21 bits per heavy atom. The van der Waals surface area contributed by atoms with E-state index in [4.69, 9.17) is 5.11 Å². The minimum Gasteiger partial charge on any atom is -0.481 e. The molecular weight excluding hydrogens is 248 g/mol. The van der Waals surface area contributed by atoms with Crippen molar-refractivity contribution in [1.29, 1.82) is 0 Å². The molecule has 1 heterocycles. The molecule has 0 saturated carbocycles. The summed E-state index contributed by atoms with van der Waals surface area (Å²) in [6.07, 6.45) is 1.88. The number of likely N-dealkylation sites (tertiary alicyclic amines) is 1. The van der Waals surface area contributed by atoms with E-state index in [1.54, 1.807) is 18.2 Å². The molecule has 1 aliphatic rings. The van der Waals surface area contributed by atoms with Crippen LogP contribution in [0.15, 0.2) is 24.3 Å². The Hall–Kier alpha value is -1.95. The van der Waals surface area contributed by atoms with Crippen LogP contribution in [0.5, 0.6) is 0 Å². The normalized spacial score (nSPS) is 19.5. The largest absolute Gasteiger partial charge is 0.481 e. The van der Waals surface area contributed by atoms with Crippen LogP contribution >= 0.6 is 0 Å². The summed E-state index contributed by atoms with van der Waals surface area (Å²) in [5, 5.41) is 19.8. The average Bonchev–Trinajstić information content (AvgIpc) is 2.76. The van der Waals surface area contributed by atoms with Gasteiger partial charge in [-0.3, -0.25) is 19.8 Å². The van der Waals surface area contributed by atoms with Gasteiger partial charge in [0.1, 0.15) is 0 Å². The fourth-order valence-electron chi connectivity index (χ4n) is 2.58. The topological polar surface area (TPSA) is 83.7 Å². The zero-order valence-corrected chi connectivity index (χ0v) is 10.5.